The van der Waals surface area contributed by atoms with Crippen LogP contribution in [0.5, 0.6) is 0 Å². The molecule has 0 unspecified atom stereocenters. The third-order valence-electron chi connectivity index (χ3n) is 1.81. The van der Waals surface area contributed by atoms with E-state index in [4.69, 9.17) is 0 Å². The maximum Gasteiger partial charge on any atom is 0.435 e. The molecule has 0 aliphatic heterocycles. The van der Waals surface area contributed by atoms with Crippen LogP contribution in [0.3, 0.4) is 0 Å². The van der Waals surface area contributed by atoms with E-state index < -0.39 is 11.9 Å². The summed E-state index contributed by atoms with van der Waals surface area (Å²) in [5.41, 5.74) is -0.258. The molecule has 0 atom stereocenters. The van der Waals surface area contributed by atoms with Gasteiger partial charge in [0.05, 0.1) is 11.4 Å². The zero-order valence-corrected chi connectivity index (χ0v) is 10.1. The van der Waals surface area contributed by atoms with E-state index in [1.54, 1.807) is 18.2 Å². The van der Waals surface area contributed by atoms with Crippen molar-refractivity contribution >= 4 is 0 Å². The fourth-order valence-corrected chi connectivity index (χ4v) is 1.12. The smallest absolute Gasteiger partial charge is 0.276 e. The Balaban J connectivity index is 0.00000128. The number of aromatic nitrogens is 3. The molecule has 0 fully saturated rings. The van der Waals surface area contributed by atoms with E-state index in [0.29, 0.717) is 5.69 Å². The first kappa shape index (κ1) is 12.9. The van der Waals surface area contributed by atoms with Crippen molar-refractivity contribution in [2.45, 2.75) is 6.18 Å². The number of alkyl halides is 3. The number of H-pyrrole nitrogens is 1. The second kappa shape index (κ2) is 4.76. The van der Waals surface area contributed by atoms with Crippen molar-refractivity contribution in [2.24, 2.45) is 0 Å². The van der Waals surface area contributed by atoms with E-state index in [2.05, 4.69) is 15.2 Å². The quantitative estimate of drug-likeness (QED) is 0.792. The van der Waals surface area contributed by atoms with Crippen LogP contribution in [0.25, 0.3) is 11.4 Å². The molecule has 0 amide bonds. The molecule has 3 nitrogen and oxygen atoms in total. The maximum absolute atomic E-state index is 12.2. The molecule has 0 aliphatic rings. The zero-order valence-electron chi connectivity index (χ0n) is 7.75. The molecule has 1 N–H and O–H groups in total. The molecule has 2 aromatic heterocycles. The van der Waals surface area contributed by atoms with Gasteiger partial charge in [0.15, 0.2) is 5.69 Å². The van der Waals surface area contributed by atoms with E-state index in [1.807, 2.05) is 0 Å². The monoisotopic (exact) mass is 406 g/mol. The predicted molar refractivity (Wildman–Crippen MR) is 46.8 cm³/mol. The number of pyridine rings is 1. The number of nitrogens with zero attached hydrogens (tertiary/aromatic N) is 2. The Morgan fingerprint density at radius 2 is 1.94 bits per heavy atom. The van der Waals surface area contributed by atoms with Gasteiger partial charge in [-0.2, -0.15) is 18.3 Å². The zero-order chi connectivity index (χ0) is 10.9. The summed E-state index contributed by atoms with van der Waals surface area (Å²) in [6, 6.07) is 5.91. The van der Waals surface area contributed by atoms with Crippen molar-refractivity contribution < 1.29 is 33.3 Å². The molecule has 2 rings (SSSR count). The van der Waals surface area contributed by atoms with Gasteiger partial charge in [-0.15, -0.1) is 0 Å². The van der Waals surface area contributed by atoms with E-state index >= 15 is 0 Å². The molecule has 0 aliphatic carbocycles. The van der Waals surface area contributed by atoms with Crippen LogP contribution in [0, 0.1) is 0 Å². The Morgan fingerprint density at radius 3 is 2.44 bits per heavy atom. The van der Waals surface area contributed by atoms with Crippen LogP contribution in [0.1, 0.15) is 5.69 Å². The molecular formula is C9H6F3IrN3. The average molecular weight is 405 g/mol. The van der Waals surface area contributed by atoms with Crippen LogP contribution < -0.4 is 0 Å². The van der Waals surface area contributed by atoms with Gasteiger partial charge in [-0.1, -0.05) is 6.07 Å². The van der Waals surface area contributed by atoms with Gasteiger partial charge >= 0.3 is 6.18 Å². The summed E-state index contributed by atoms with van der Waals surface area (Å²) in [6.07, 6.45) is -2.92. The third kappa shape index (κ3) is 2.68. The molecule has 87 valence electrons. The number of hydrogen-bond acceptors (Lipinski definition) is 2. The van der Waals surface area contributed by atoms with Crippen molar-refractivity contribution in [1.82, 2.24) is 15.2 Å². The molecule has 0 aromatic carbocycles. The summed E-state index contributed by atoms with van der Waals surface area (Å²) < 4.78 is 36.6. The predicted octanol–water partition coefficient (Wildman–Crippen LogP) is 2.49. The second-order valence-corrected chi connectivity index (χ2v) is 2.88. The van der Waals surface area contributed by atoms with Crippen molar-refractivity contribution in [3.8, 4) is 11.4 Å². The van der Waals surface area contributed by atoms with E-state index in [9.17, 15) is 13.2 Å². The first-order valence-electron chi connectivity index (χ1n) is 4.11. The van der Waals surface area contributed by atoms with Crippen molar-refractivity contribution in [3.05, 3.63) is 36.2 Å². The molecule has 7 heteroatoms. The first-order valence-corrected chi connectivity index (χ1v) is 4.11. The van der Waals surface area contributed by atoms with Crippen LogP contribution >= 0.6 is 0 Å². The molecule has 0 spiro atoms. The number of rotatable bonds is 1. The Labute approximate surface area is 102 Å². The first-order chi connectivity index (χ1) is 7.07. The second-order valence-electron chi connectivity index (χ2n) is 2.88. The fraction of sp³-hybridized carbons (Fsp3) is 0.111. The van der Waals surface area contributed by atoms with Crippen molar-refractivity contribution in [2.75, 3.05) is 0 Å². The minimum atomic E-state index is -4.43. The molecule has 0 saturated carbocycles. The van der Waals surface area contributed by atoms with Crippen LogP contribution in [-0.2, 0) is 26.3 Å². The Morgan fingerprint density at radius 1 is 1.19 bits per heavy atom. The topological polar surface area (TPSA) is 41.6 Å². The number of hydrogen-bond donors (Lipinski definition) is 1. The van der Waals surface area contributed by atoms with E-state index in [0.717, 1.165) is 6.07 Å². The molecule has 16 heavy (non-hydrogen) atoms. The summed E-state index contributed by atoms with van der Waals surface area (Å²) in [7, 11) is 0. The van der Waals surface area contributed by atoms with Gasteiger partial charge in [0, 0.05) is 26.3 Å². The summed E-state index contributed by atoms with van der Waals surface area (Å²) >= 11 is 0. The van der Waals surface area contributed by atoms with Gasteiger partial charge in [0.2, 0.25) is 0 Å². The van der Waals surface area contributed by atoms with Crippen molar-refractivity contribution in [3.63, 3.8) is 0 Å². The van der Waals surface area contributed by atoms with Gasteiger partial charge in [-0.05, 0) is 18.2 Å². The van der Waals surface area contributed by atoms with Gasteiger partial charge in [0.1, 0.15) is 0 Å². The maximum atomic E-state index is 12.2. The largest absolute Gasteiger partial charge is 0.435 e. The van der Waals surface area contributed by atoms with Gasteiger partial charge in [-0.3, -0.25) is 10.1 Å². The minimum absolute atomic E-state index is 0. The van der Waals surface area contributed by atoms with Gasteiger partial charge in [-0.25, -0.2) is 0 Å². The summed E-state index contributed by atoms with van der Waals surface area (Å²) in [5.74, 6) is 0. The van der Waals surface area contributed by atoms with Crippen LogP contribution in [0.15, 0.2) is 30.5 Å². The number of halogens is 3. The Hall–Kier alpha value is -1.20. The molecule has 2 aromatic rings. The van der Waals surface area contributed by atoms with E-state index in [1.165, 1.54) is 6.20 Å². The summed E-state index contributed by atoms with van der Waals surface area (Å²) in [5, 5.41) is 5.47. The van der Waals surface area contributed by atoms with Crippen molar-refractivity contribution in [1.29, 1.82) is 0 Å². The Kier molecular flexibility index (Phi) is 3.83. The molecule has 0 saturated heterocycles. The SMILES string of the molecule is FC(F)(F)c1cc(-c2ccccn2)[nH]n1.[Ir]. The third-order valence-corrected chi connectivity index (χ3v) is 1.81. The van der Waals surface area contributed by atoms with Gasteiger partial charge < -0.3 is 0 Å². The summed E-state index contributed by atoms with van der Waals surface area (Å²) in [4.78, 5) is 3.91. The summed E-state index contributed by atoms with van der Waals surface area (Å²) in [6.45, 7) is 0. The normalized spacial score (nSPS) is 10.9. The van der Waals surface area contributed by atoms with Crippen LogP contribution in [0.2, 0.25) is 0 Å². The standard InChI is InChI=1S/C9H6F3N3.Ir/c10-9(11,12)8-5-7(14-15-8)6-3-1-2-4-13-6;/h1-5H,(H,14,15);. The van der Waals surface area contributed by atoms with E-state index in [-0.39, 0.29) is 25.8 Å². The Bertz CT molecular complexity index is 453. The molecule has 0 bridgehead atoms. The number of nitrogens with one attached hydrogen (secondary N) is 1. The minimum Gasteiger partial charge on any atom is -0.276 e. The molecule has 2 heterocycles. The van der Waals surface area contributed by atoms with Crippen LogP contribution in [0.4, 0.5) is 13.2 Å². The molecule has 1 radical (unpaired) electrons. The molecular weight excluding hydrogens is 399 g/mol. The van der Waals surface area contributed by atoms with Crippen LogP contribution in [-0.4, -0.2) is 15.2 Å². The number of aromatic amines is 1. The average Bonchev–Trinajstić information content (AvgIpc) is 2.67. The fourth-order valence-electron chi connectivity index (χ4n) is 1.12. The van der Waals surface area contributed by atoms with Gasteiger partial charge in [0.25, 0.3) is 0 Å².